The van der Waals surface area contributed by atoms with Crippen LogP contribution in [0.25, 0.3) is 0 Å². The molecule has 0 bridgehead atoms. The molecule has 2 unspecified atom stereocenters. The summed E-state index contributed by atoms with van der Waals surface area (Å²) in [5.41, 5.74) is 0.126. The molecule has 0 radical (unpaired) electrons. The van der Waals surface area contributed by atoms with Gasteiger partial charge in [0.05, 0.1) is 16.4 Å². The van der Waals surface area contributed by atoms with Gasteiger partial charge in [-0.25, -0.2) is 4.79 Å². The highest BCUT2D eigenvalue weighted by Gasteiger charge is 2.20. The molecule has 1 amide bonds. The van der Waals surface area contributed by atoms with Crippen LogP contribution in [0.3, 0.4) is 0 Å². The summed E-state index contributed by atoms with van der Waals surface area (Å²) in [5.74, 6) is -1.32. The number of amides is 1. The number of carbonyl (C=O) groups excluding carboxylic acids is 1. The first-order valence-electron chi connectivity index (χ1n) is 5.49. The van der Waals surface area contributed by atoms with E-state index in [4.69, 9.17) is 5.11 Å². The van der Waals surface area contributed by atoms with Crippen molar-refractivity contribution in [1.82, 2.24) is 5.32 Å². The van der Waals surface area contributed by atoms with E-state index in [1.54, 1.807) is 13.8 Å². The van der Waals surface area contributed by atoms with Crippen LogP contribution in [0.4, 0.5) is 0 Å². The zero-order chi connectivity index (χ0) is 13.7. The van der Waals surface area contributed by atoms with Gasteiger partial charge in [-0.1, -0.05) is 0 Å². The highest BCUT2D eigenvalue weighted by molar-refractivity contribution is 7.86. The maximum atomic E-state index is 12.0. The fourth-order valence-corrected chi connectivity index (χ4v) is 2.44. The van der Waals surface area contributed by atoms with Gasteiger partial charge in [-0.15, -0.1) is 0 Å². The van der Waals surface area contributed by atoms with Gasteiger partial charge in [0.1, 0.15) is 5.25 Å². The van der Waals surface area contributed by atoms with Crippen LogP contribution in [0.2, 0.25) is 0 Å². The molecule has 0 saturated heterocycles. The summed E-state index contributed by atoms with van der Waals surface area (Å²) >= 11 is 0. The number of carboxylic acids is 1. The van der Waals surface area contributed by atoms with E-state index in [9.17, 15) is 13.8 Å². The Kier molecular flexibility index (Phi) is 5.03. The molecule has 0 aliphatic rings. The minimum absolute atomic E-state index is 0.126. The molecule has 0 heterocycles. The average molecular weight is 269 g/mol. The second kappa shape index (κ2) is 6.30. The molecule has 2 atom stereocenters. The lowest BCUT2D eigenvalue weighted by molar-refractivity contribution is -0.120. The molecule has 0 aliphatic heterocycles. The third kappa shape index (κ3) is 3.40. The summed E-state index contributed by atoms with van der Waals surface area (Å²) in [6, 6.07) is 5.69. The number of hydrogen-bond donors (Lipinski definition) is 2. The summed E-state index contributed by atoms with van der Waals surface area (Å²) in [5, 5.41) is 10.7. The Morgan fingerprint density at radius 3 is 2.33 bits per heavy atom. The van der Waals surface area contributed by atoms with Crippen molar-refractivity contribution in [1.29, 1.82) is 0 Å². The third-order valence-corrected chi connectivity index (χ3v) is 3.97. The average Bonchev–Trinajstić information content (AvgIpc) is 2.37. The van der Waals surface area contributed by atoms with Gasteiger partial charge in [-0.2, -0.15) is 0 Å². The highest BCUT2D eigenvalue weighted by atomic mass is 32.2. The Morgan fingerprint density at radius 2 is 1.89 bits per heavy atom. The Balaban J connectivity index is 2.84. The first kappa shape index (κ1) is 14.4. The zero-order valence-corrected chi connectivity index (χ0v) is 11.0. The maximum Gasteiger partial charge on any atom is 0.335 e. The van der Waals surface area contributed by atoms with Crippen molar-refractivity contribution in [3.63, 3.8) is 0 Å². The fraction of sp³-hybridized carbons (Fsp3) is 0.333. The van der Waals surface area contributed by atoms with Crippen molar-refractivity contribution in [3.05, 3.63) is 29.8 Å². The van der Waals surface area contributed by atoms with E-state index < -0.39 is 22.0 Å². The standard InChI is InChI=1S/C12H15NO4S/c1-3-13-11(14)8(2)18(17)10-6-4-9(5-7-10)12(15)16/h4-8H,3H2,1-2H3,(H,13,14)(H,15,16). The van der Waals surface area contributed by atoms with Crippen LogP contribution >= 0.6 is 0 Å². The van der Waals surface area contributed by atoms with Crippen LogP contribution in [0.5, 0.6) is 0 Å². The van der Waals surface area contributed by atoms with Crippen LogP contribution in [-0.4, -0.2) is 33.0 Å². The van der Waals surface area contributed by atoms with Crippen LogP contribution in [0.15, 0.2) is 29.2 Å². The van der Waals surface area contributed by atoms with E-state index in [0.29, 0.717) is 11.4 Å². The number of aromatic carboxylic acids is 1. The van der Waals surface area contributed by atoms with Crippen molar-refractivity contribution in [2.24, 2.45) is 0 Å². The van der Waals surface area contributed by atoms with Crippen molar-refractivity contribution in [2.75, 3.05) is 6.54 Å². The summed E-state index contributed by atoms with van der Waals surface area (Å²) < 4.78 is 12.0. The molecule has 0 fully saturated rings. The molecule has 6 heteroatoms. The SMILES string of the molecule is CCNC(=O)C(C)S(=O)c1ccc(C(=O)O)cc1. The minimum atomic E-state index is -1.49. The molecule has 0 aliphatic carbocycles. The van der Waals surface area contributed by atoms with E-state index in [2.05, 4.69) is 5.32 Å². The second-order valence-corrected chi connectivity index (χ2v) is 5.44. The quantitative estimate of drug-likeness (QED) is 0.836. The third-order valence-electron chi connectivity index (χ3n) is 2.37. The van der Waals surface area contributed by atoms with E-state index in [0.717, 1.165) is 0 Å². The summed E-state index contributed by atoms with van der Waals surface area (Å²) in [6.45, 7) is 3.85. The number of carboxylic acid groups (broad SMARTS) is 1. The molecule has 5 nitrogen and oxygen atoms in total. The topological polar surface area (TPSA) is 83.5 Å². The molecule has 2 N–H and O–H groups in total. The predicted molar refractivity (Wildman–Crippen MR) is 68.0 cm³/mol. The van der Waals surface area contributed by atoms with Gasteiger partial charge in [-0.05, 0) is 38.1 Å². The van der Waals surface area contributed by atoms with E-state index in [-0.39, 0.29) is 11.5 Å². The summed E-state index contributed by atoms with van der Waals surface area (Å²) in [7, 11) is -1.49. The van der Waals surface area contributed by atoms with E-state index in [1.807, 2.05) is 0 Å². The monoisotopic (exact) mass is 269 g/mol. The number of carbonyl (C=O) groups is 2. The van der Waals surface area contributed by atoms with Gasteiger partial charge in [-0.3, -0.25) is 9.00 Å². The lowest BCUT2D eigenvalue weighted by Crippen LogP contribution is -2.35. The number of nitrogens with one attached hydrogen (secondary N) is 1. The molecule has 18 heavy (non-hydrogen) atoms. The Morgan fingerprint density at radius 1 is 1.33 bits per heavy atom. The highest BCUT2D eigenvalue weighted by Crippen LogP contribution is 2.13. The van der Waals surface area contributed by atoms with Gasteiger partial charge < -0.3 is 10.4 Å². The molecular weight excluding hydrogens is 254 g/mol. The predicted octanol–water partition coefficient (Wildman–Crippen LogP) is 1.02. The molecule has 1 rings (SSSR count). The van der Waals surface area contributed by atoms with E-state index >= 15 is 0 Å². The molecular formula is C12H15NO4S. The first-order valence-corrected chi connectivity index (χ1v) is 6.70. The summed E-state index contributed by atoms with van der Waals surface area (Å²) in [4.78, 5) is 22.6. The molecule has 1 aromatic carbocycles. The smallest absolute Gasteiger partial charge is 0.335 e. The molecule has 0 spiro atoms. The largest absolute Gasteiger partial charge is 0.478 e. The van der Waals surface area contributed by atoms with Gasteiger partial charge in [0.15, 0.2) is 0 Å². The lowest BCUT2D eigenvalue weighted by atomic mass is 10.2. The first-order chi connectivity index (χ1) is 8.47. The maximum absolute atomic E-state index is 12.0. The van der Waals surface area contributed by atoms with Crippen LogP contribution < -0.4 is 5.32 Å². The van der Waals surface area contributed by atoms with Crippen molar-refractivity contribution in [3.8, 4) is 0 Å². The van der Waals surface area contributed by atoms with Crippen molar-refractivity contribution < 1.29 is 18.9 Å². The normalized spacial score (nSPS) is 13.7. The zero-order valence-electron chi connectivity index (χ0n) is 10.2. The number of benzene rings is 1. The Bertz CT molecular complexity index is 469. The lowest BCUT2D eigenvalue weighted by Gasteiger charge is -2.11. The van der Waals surface area contributed by atoms with Crippen LogP contribution in [0, 0.1) is 0 Å². The number of hydrogen-bond acceptors (Lipinski definition) is 3. The molecule has 1 aromatic rings. The molecule has 0 saturated carbocycles. The second-order valence-electron chi connectivity index (χ2n) is 3.66. The van der Waals surface area contributed by atoms with Crippen LogP contribution in [-0.2, 0) is 15.6 Å². The Labute approximate surface area is 108 Å². The van der Waals surface area contributed by atoms with Gasteiger partial charge in [0.2, 0.25) is 5.91 Å². The van der Waals surface area contributed by atoms with Gasteiger partial charge >= 0.3 is 5.97 Å². The Hall–Kier alpha value is -1.69. The van der Waals surface area contributed by atoms with Crippen molar-refractivity contribution in [2.45, 2.75) is 24.0 Å². The number of rotatable bonds is 5. The van der Waals surface area contributed by atoms with E-state index in [1.165, 1.54) is 24.3 Å². The minimum Gasteiger partial charge on any atom is -0.478 e. The van der Waals surface area contributed by atoms with Crippen molar-refractivity contribution >= 4 is 22.7 Å². The molecule has 98 valence electrons. The fourth-order valence-electron chi connectivity index (χ4n) is 1.35. The van der Waals surface area contributed by atoms with Gasteiger partial charge in [0.25, 0.3) is 0 Å². The van der Waals surface area contributed by atoms with Crippen LogP contribution in [0.1, 0.15) is 24.2 Å². The molecule has 0 aromatic heterocycles. The van der Waals surface area contributed by atoms with Gasteiger partial charge in [0, 0.05) is 11.4 Å². The summed E-state index contributed by atoms with van der Waals surface area (Å²) in [6.07, 6.45) is 0.